The molecule has 9 nitrogen and oxygen atoms in total. The second-order valence-electron chi connectivity index (χ2n) is 4.13. The summed E-state index contributed by atoms with van der Waals surface area (Å²) in [5.41, 5.74) is -0.119. The van der Waals surface area contributed by atoms with E-state index >= 15 is 0 Å². The molecule has 1 unspecified atom stereocenters. The van der Waals surface area contributed by atoms with Crippen molar-refractivity contribution in [1.29, 1.82) is 5.26 Å². The summed E-state index contributed by atoms with van der Waals surface area (Å²) in [5.74, 6) is 0.704. The van der Waals surface area contributed by atoms with Crippen LogP contribution < -0.4 is 5.32 Å². The van der Waals surface area contributed by atoms with Crippen LogP contribution in [0.5, 0.6) is 0 Å². The number of anilines is 1. The van der Waals surface area contributed by atoms with Gasteiger partial charge < -0.3 is 9.88 Å². The van der Waals surface area contributed by atoms with Gasteiger partial charge in [0.25, 0.3) is 0 Å². The summed E-state index contributed by atoms with van der Waals surface area (Å²) in [6, 6.07) is 2.68. The van der Waals surface area contributed by atoms with Gasteiger partial charge in [0.1, 0.15) is 12.4 Å². The van der Waals surface area contributed by atoms with Crippen molar-refractivity contribution in [2.24, 2.45) is 7.05 Å². The van der Waals surface area contributed by atoms with E-state index in [1.165, 1.54) is 18.6 Å². The van der Waals surface area contributed by atoms with Gasteiger partial charge in [0.05, 0.1) is 16.5 Å². The molecule has 0 aliphatic rings. The van der Waals surface area contributed by atoms with E-state index in [-0.39, 0.29) is 23.1 Å². The van der Waals surface area contributed by atoms with Crippen molar-refractivity contribution in [2.45, 2.75) is 13.0 Å². The third-order valence-electron chi connectivity index (χ3n) is 2.68. The molecule has 2 aromatic rings. The number of aryl methyl sites for hydroxylation is 1. The number of nitrogens with zero attached hydrogens (tertiary/aromatic N) is 6. The van der Waals surface area contributed by atoms with E-state index in [4.69, 9.17) is 5.26 Å². The van der Waals surface area contributed by atoms with Crippen LogP contribution >= 0.6 is 0 Å². The lowest BCUT2D eigenvalue weighted by Gasteiger charge is -2.13. The minimum Gasteiger partial charge on any atom is -0.355 e. The topological polar surface area (TPSA) is 123 Å². The van der Waals surface area contributed by atoms with E-state index in [1.807, 2.05) is 6.07 Å². The number of nitriles is 1. The first-order chi connectivity index (χ1) is 9.52. The molecule has 2 heterocycles. The molecule has 0 aliphatic heterocycles. The predicted octanol–water partition coefficient (Wildman–Crippen LogP) is 1.16. The van der Waals surface area contributed by atoms with E-state index in [9.17, 15) is 10.1 Å². The average Bonchev–Trinajstić information content (AvgIpc) is 2.85. The summed E-state index contributed by atoms with van der Waals surface area (Å²) in [7, 11) is 1.77. The fourth-order valence-corrected chi connectivity index (χ4v) is 1.72. The largest absolute Gasteiger partial charge is 0.355 e. The van der Waals surface area contributed by atoms with Crippen LogP contribution in [0.4, 0.5) is 11.5 Å². The number of nitrogens with one attached hydrogen (secondary N) is 1. The quantitative estimate of drug-likeness (QED) is 0.654. The van der Waals surface area contributed by atoms with Crippen LogP contribution in [0, 0.1) is 21.4 Å². The molecule has 0 bridgehead atoms. The van der Waals surface area contributed by atoms with Crippen LogP contribution in [0.1, 0.15) is 24.4 Å². The van der Waals surface area contributed by atoms with Gasteiger partial charge in [0.15, 0.2) is 5.82 Å². The minimum atomic E-state index is -0.584. The maximum absolute atomic E-state index is 11.0. The molecule has 0 radical (unpaired) electrons. The van der Waals surface area contributed by atoms with E-state index < -0.39 is 4.92 Å². The van der Waals surface area contributed by atoms with Crippen molar-refractivity contribution in [1.82, 2.24) is 19.7 Å². The van der Waals surface area contributed by atoms with Crippen LogP contribution in [0.25, 0.3) is 0 Å². The Kier molecular flexibility index (Phi) is 3.56. The molecule has 1 atom stereocenters. The van der Waals surface area contributed by atoms with Crippen molar-refractivity contribution in [3.63, 3.8) is 0 Å². The highest BCUT2D eigenvalue weighted by molar-refractivity contribution is 5.58. The predicted molar refractivity (Wildman–Crippen MR) is 68.6 cm³/mol. The third-order valence-corrected chi connectivity index (χ3v) is 2.68. The molecule has 20 heavy (non-hydrogen) atoms. The van der Waals surface area contributed by atoms with Crippen molar-refractivity contribution in [3.05, 3.63) is 40.1 Å². The van der Waals surface area contributed by atoms with E-state index in [1.54, 1.807) is 18.5 Å². The summed E-state index contributed by atoms with van der Waals surface area (Å²) < 4.78 is 1.70. The van der Waals surface area contributed by atoms with E-state index in [0.717, 1.165) is 0 Å². The number of hydrogen-bond donors (Lipinski definition) is 1. The van der Waals surface area contributed by atoms with Crippen molar-refractivity contribution in [3.8, 4) is 6.07 Å². The van der Waals surface area contributed by atoms with Crippen LogP contribution in [-0.4, -0.2) is 24.7 Å². The standard InChI is InChI=1S/C11H11N7O2/c1-7(11-16-14-6-17(11)2)15-10-9(18(19)20)3-8(4-12)5-13-10/h3,5-7H,1-2H3,(H,13,15). The highest BCUT2D eigenvalue weighted by atomic mass is 16.6. The zero-order chi connectivity index (χ0) is 14.7. The van der Waals surface area contributed by atoms with Crippen LogP contribution in [0.3, 0.4) is 0 Å². The molecule has 1 N–H and O–H groups in total. The fraction of sp³-hybridized carbons (Fsp3) is 0.273. The minimum absolute atomic E-state index is 0.0875. The SMILES string of the molecule is CC(Nc1ncc(C#N)cc1[N+](=O)[O-])c1nncn1C. The molecule has 0 saturated heterocycles. The summed E-state index contributed by atoms with van der Waals surface area (Å²) in [6.07, 6.45) is 2.81. The van der Waals surface area contributed by atoms with Gasteiger partial charge >= 0.3 is 5.69 Å². The molecule has 0 fully saturated rings. The molecule has 0 spiro atoms. The third kappa shape index (κ3) is 2.54. The first kappa shape index (κ1) is 13.4. The Hall–Kier alpha value is -3.02. The molecule has 0 amide bonds. The first-order valence-corrected chi connectivity index (χ1v) is 5.68. The zero-order valence-electron chi connectivity index (χ0n) is 10.8. The monoisotopic (exact) mass is 273 g/mol. The molecule has 9 heteroatoms. The summed E-state index contributed by atoms with van der Waals surface area (Å²) in [6.45, 7) is 1.79. The van der Waals surface area contributed by atoms with Gasteiger partial charge in [-0.2, -0.15) is 5.26 Å². The van der Waals surface area contributed by atoms with Crippen LogP contribution in [0.2, 0.25) is 0 Å². The van der Waals surface area contributed by atoms with Gasteiger partial charge in [-0.15, -0.1) is 10.2 Å². The van der Waals surface area contributed by atoms with Gasteiger partial charge in [0, 0.05) is 19.3 Å². The number of pyridine rings is 1. The van der Waals surface area contributed by atoms with Gasteiger partial charge in [-0.05, 0) is 6.92 Å². The number of nitro groups is 1. The molecule has 0 aliphatic carbocycles. The molecule has 2 rings (SSSR count). The molecular weight excluding hydrogens is 262 g/mol. The average molecular weight is 273 g/mol. The van der Waals surface area contributed by atoms with E-state index in [0.29, 0.717) is 5.82 Å². The molecule has 102 valence electrons. The highest BCUT2D eigenvalue weighted by Crippen LogP contribution is 2.25. The lowest BCUT2D eigenvalue weighted by Crippen LogP contribution is -2.14. The Labute approximate surface area is 114 Å². The number of rotatable bonds is 4. The van der Waals surface area contributed by atoms with Crippen molar-refractivity contribution >= 4 is 11.5 Å². The van der Waals surface area contributed by atoms with E-state index in [2.05, 4.69) is 20.5 Å². The van der Waals surface area contributed by atoms with Crippen molar-refractivity contribution < 1.29 is 4.92 Å². The molecule has 0 saturated carbocycles. The second-order valence-corrected chi connectivity index (χ2v) is 4.13. The smallest absolute Gasteiger partial charge is 0.312 e. The number of hydrogen-bond acceptors (Lipinski definition) is 7. The summed E-state index contributed by atoms with van der Waals surface area (Å²) in [5, 5.41) is 30.3. The zero-order valence-corrected chi connectivity index (χ0v) is 10.8. The Bertz CT molecular complexity index is 688. The van der Waals surface area contributed by atoms with Gasteiger partial charge in [-0.1, -0.05) is 0 Å². The first-order valence-electron chi connectivity index (χ1n) is 5.68. The fourth-order valence-electron chi connectivity index (χ4n) is 1.72. The normalized spacial score (nSPS) is 11.7. The molecule has 0 aromatic carbocycles. The van der Waals surface area contributed by atoms with Gasteiger partial charge in [-0.25, -0.2) is 4.98 Å². The van der Waals surface area contributed by atoms with Gasteiger partial charge in [0.2, 0.25) is 5.82 Å². The maximum atomic E-state index is 11.0. The van der Waals surface area contributed by atoms with Gasteiger partial charge in [-0.3, -0.25) is 10.1 Å². The van der Waals surface area contributed by atoms with Crippen LogP contribution in [0.15, 0.2) is 18.6 Å². The Morgan fingerprint density at radius 1 is 1.60 bits per heavy atom. The lowest BCUT2D eigenvalue weighted by molar-refractivity contribution is -0.384. The van der Waals surface area contributed by atoms with Crippen molar-refractivity contribution in [2.75, 3.05) is 5.32 Å². The Morgan fingerprint density at radius 3 is 2.90 bits per heavy atom. The Morgan fingerprint density at radius 2 is 2.35 bits per heavy atom. The summed E-state index contributed by atoms with van der Waals surface area (Å²) >= 11 is 0. The Balaban J connectivity index is 2.32. The summed E-state index contributed by atoms with van der Waals surface area (Å²) in [4.78, 5) is 14.3. The maximum Gasteiger partial charge on any atom is 0.312 e. The highest BCUT2D eigenvalue weighted by Gasteiger charge is 2.20. The number of aromatic nitrogens is 4. The lowest BCUT2D eigenvalue weighted by atomic mass is 10.2. The molecular formula is C11H11N7O2. The second kappa shape index (κ2) is 5.31. The van der Waals surface area contributed by atoms with Crippen LogP contribution in [-0.2, 0) is 7.05 Å². The molecule has 2 aromatic heterocycles.